The Morgan fingerprint density at radius 2 is 1.61 bits per heavy atom. The van der Waals surface area contributed by atoms with Crippen LogP contribution >= 0.6 is 0 Å². The summed E-state index contributed by atoms with van der Waals surface area (Å²) < 4.78 is 29.0. The van der Waals surface area contributed by atoms with E-state index in [1.54, 1.807) is 12.2 Å². The summed E-state index contributed by atoms with van der Waals surface area (Å²) in [5.74, 6) is -1.92. The lowest BCUT2D eigenvalue weighted by Crippen LogP contribution is -2.65. The molecule has 0 aromatic heterocycles. The van der Waals surface area contributed by atoms with E-state index < -0.39 is 54.8 Å². The molecule has 5 aliphatic rings. The van der Waals surface area contributed by atoms with Gasteiger partial charge in [-0.15, -0.1) is 0 Å². The van der Waals surface area contributed by atoms with Crippen molar-refractivity contribution in [1.82, 2.24) is 0 Å². The van der Waals surface area contributed by atoms with Crippen LogP contribution in [0.5, 0.6) is 0 Å². The van der Waals surface area contributed by atoms with Crippen LogP contribution < -0.4 is 0 Å². The minimum Gasteiger partial charge on any atom is -0.478 e. The second kappa shape index (κ2) is 14.9. The molecule has 2 unspecified atom stereocenters. The second-order valence-electron chi connectivity index (χ2n) is 17.2. The predicted octanol–water partition coefficient (Wildman–Crippen LogP) is 6.50. The molecule has 5 rings (SSSR count). The molecule has 286 valence electrons. The molecular weight excluding hydrogens is 656 g/mol. The molecule has 4 saturated carbocycles. The number of aliphatic hydroxyl groups excluding tert-OH is 1. The summed E-state index contributed by atoms with van der Waals surface area (Å²) in [6, 6.07) is 0. The number of aliphatic carboxylic acids is 1. The topological polar surface area (TPSA) is 155 Å². The minimum atomic E-state index is -1.12. The molecule has 1 aliphatic heterocycles. The first-order valence-corrected chi connectivity index (χ1v) is 19.0. The zero-order valence-electron chi connectivity index (χ0n) is 31.9. The Hall–Kier alpha value is -2.76. The molecule has 0 aromatic rings. The van der Waals surface area contributed by atoms with Crippen molar-refractivity contribution in [3.05, 3.63) is 23.3 Å². The summed E-state index contributed by atoms with van der Waals surface area (Å²) in [4.78, 5) is 48.7. The van der Waals surface area contributed by atoms with Crippen molar-refractivity contribution in [2.45, 2.75) is 157 Å². The zero-order chi connectivity index (χ0) is 37.6. The third-order valence-corrected chi connectivity index (χ3v) is 13.7. The van der Waals surface area contributed by atoms with Gasteiger partial charge in [0, 0.05) is 26.3 Å². The Kier molecular flexibility index (Phi) is 11.6. The SMILES string of the molecule is CC(=O)O[C@H]1O[C@H](O[C@@H]2CC[C@@]3(C)C(CC[C@@]4(C)C3[C@H](O)C[C@H]3/C(=C(\CCCC(C)C)C(=O)O)[C@@H](OC(C)=O)C[C@@]34C)[C@@H]2C)C=C[C@@H]1OC(C)=O. The lowest BCUT2D eigenvalue weighted by molar-refractivity contribution is -0.282. The standard InChI is InChI=1S/C40H60O11/c1-21(2)11-10-12-26(36(45)46)34-28-19-29(44)35-38(7)17-16-30(50-33-14-13-31(47-23(4)41)37(51-33)49-25(6)43)22(3)27(38)15-18-39(35,8)40(28,9)20-32(34)48-24(5)42/h13-14,21-22,27-33,35,37,44H,10-12,15-20H2,1-9H3,(H,45,46)/b34-26-/t22-,27?,28-,29+,30+,31-,32-,33-,35?,37-,38-,39-,40-/m0/s1. The molecule has 0 saturated heterocycles. The smallest absolute Gasteiger partial charge is 0.331 e. The van der Waals surface area contributed by atoms with Gasteiger partial charge in [0.2, 0.25) is 6.29 Å². The van der Waals surface area contributed by atoms with Crippen LogP contribution in [-0.4, -0.2) is 71.1 Å². The van der Waals surface area contributed by atoms with Gasteiger partial charge in [0.05, 0.1) is 12.2 Å². The van der Waals surface area contributed by atoms with Crippen molar-refractivity contribution in [2.75, 3.05) is 0 Å². The van der Waals surface area contributed by atoms with E-state index in [2.05, 4.69) is 41.5 Å². The summed E-state index contributed by atoms with van der Waals surface area (Å²) in [7, 11) is 0. The van der Waals surface area contributed by atoms with Crippen LogP contribution in [0, 0.1) is 45.8 Å². The second-order valence-corrected chi connectivity index (χ2v) is 17.2. The molecule has 0 spiro atoms. The first-order chi connectivity index (χ1) is 23.8. The van der Waals surface area contributed by atoms with Crippen molar-refractivity contribution in [1.29, 1.82) is 0 Å². The van der Waals surface area contributed by atoms with Gasteiger partial charge in [-0.2, -0.15) is 0 Å². The van der Waals surface area contributed by atoms with E-state index in [-0.39, 0.29) is 46.0 Å². The fourth-order valence-electron chi connectivity index (χ4n) is 11.5. The van der Waals surface area contributed by atoms with E-state index >= 15 is 0 Å². The fraction of sp³-hybridized carbons (Fsp3) is 0.800. The van der Waals surface area contributed by atoms with Gasteiger partial charge in [0.1, 0.15) is 6.10 Å². The number of esters is 3. The Balaban J connectivity index is 1.41. The van der Waals surface area contributed by atoms with Crippen LogP contribution in [0.2, 0.25) is 0 Å². The number of ether oxygens (including phenoxy) is 5. The molecule has 0 radical (unpaired) electrons. The zero-order valence-corrected chi connectivity index (χ0v) is 31.9. The lowest BCUT2D eigenvalue weighted by atomic mass is 9.36. The number of rotatable bonds is 10. The summed E-state index contributed by atoms with van der Waals surface area (Å²) in [6.45, 7) is 17.3. The van der Waals surface area contributed by atoms with Gasteiger partial charge in [-0.25, -0.2) is 4.79 Å². The Morgan fingerprint density at radius 1 is 0.941 bits per heavy atom. The number of carboxylic acids is 1. The molecular formula is C40H60O11. The number of aliphatic hydroxyl groups is 1. The van der Waals surface area contributed by atoms with E-state index in [1.807, 2.05) is 0 Å². The van der Waals surface area contributed by atoms with Gasteiger partial charge >= 0.3 is 23.9 Å². The van der Waals surface area contributed by atoms with Crippen LogP contribution in [0.3, 0.4) is 0 Å². The monoisotopic (exact) mass is 716 g/mol. The lowest BCUT2D eigenvalue weighted by Gasteiger charge is -2.69. The van der Waals surface area contributed by atoms with Crippen LogP contribution in [0.4, 0.5) is 0 Å². The summed E-state index contributed by atoms with van der Waals surface area (Å²) in [5.41, 5.74) is 0.114. The number of carbonyl (C=O) groups is 4. The molecule has 4 aliphatic carbocycles. The maximum Gasteiger partial charge on any atom is 0.331 e. The van der Waals surface area contributed by atoms with Crippen LogP contribution in [-0.2, 0) is 42.9 Å². The number of carboxylic acid groups (broad SMARTS) is 1. The highest BCUT2D eigenvalue weighted by Gasteiger charge is 2.71. The third kappa shape index (κ3) is 7.41. The summed E-state index contributed by atoms with van der Waals surface area (Å²) in [5, 5.41) is 22.8. The van der Waals surface area contributed by atoms with E-state index in [0.717, 1.165) is 38.5 Å². The van der Waals surface area contributed by atoms with Crippen molar-refractivity contribution in [3.63, 3.8) is 0 Å². The highest BCUT2D eigenvalue weighted by molar-refractivity contribution is 5.88. The van der Waals surface area contributed by atoms with Gasteiger partial charge in [-0.05, 0) is 115 Å². The number of hydrogen-bond acceptors (Lipinski definition) is 10. The van der Waals surface area contributed by atoms with Crippen molar-refractivity contribution in [3.8, 4) is 0 Å². The fourth-order valence-corrected chi connectivity index (χ4v) is 11.5. The highest BCUT2D eigenvalue weighted by atomic mass is 16.8. The number of carbonyl (C=O) groups excluding carboxylic acids is 3. The molecule has 11 heteroatoms. The Morgan fingerprint density at radius 3 is 2.22 bits per heavy atom. The van der Waals surface area contributed by atoms with Gasteiger partial charge in [0.15, 0.2) is 12.4 Å². The number of hydrogen-bond donors (Lipinski definition) is 2. The van der Waals surface area contributed by atoms with Crippen LogP contribution in [0.25, 0.3) is 0 Å². The first kappa shape index (κ1) is 39.4. The maximum absolute atomic E-state index is 12.9. The molecule has 2 N–H and O–H groups in total. The molecule has 51 heavy (non-hydrogen) atoms. The van der Waals surface area contributed by atoms with Crippen LogP contribution in [0.1, 0.15) is 120 Å². The molecule has 0 bridgehead atoms. The highest BCUT2D eigenvalue weighted by Crippen LogP contribution is 2.74. The first-order valence-electron chi connectivity index (χ1n) is 19.0. The predicted molar refractivity (Wildman–Crippen MR) is 187 cm³/mol. The molecule has 11 nitrogen and oxygen atoms in total. The molecule has 0 aromatic carbocycles. The summed E-state index contributed by atoms with van der Waals surface area (Å²) in [6.07, 6.45) is 5.41. The minimum absolute atomic E-state index is 0.0522. The molecule has 4 fully saturated rings. The Bertz CT molecular complexity index is 1420. The van der Waals surface area contributed by atoms with E-state index in [0.29, 0.717) is 36.3 Å². The van der Waals surface area contributed by atoms with Gasteiger partial charge in [-0.3, -0.25) is 14.4 Å². The van der Waals surface area contributed by atoms with Crippen LogP contribution in [0.15, 0.2) is 23.3 Å². The van der Waals surface area contributed by atoms with Gasteiger partial charge in [-0.1, -0.05) is 48.0 Å². The largest absolute Gasteiger partial charge is 0.478 e. The average Bonchev–Trinajstić information content (AvgIpc) is 3.28. The summed E-state index contributed by atoms with van der Waals surface area (Å²) >= 11 is 0. The van der Waals surface area contributed by atoms with Gasteiger partial charge < -0.3 is 33.9 Å². The molecule has 1 heterocycles. The third-order valence-electron chi connectivity index (χ3n) is 13.7. The van der Waals surface area contributed by atoms with Crippen molar-refractivity contribution >= 4 is 23.9 Å². The molecule has 0 amide bonds. The molecule has 13 atom stereocenters. The van der Waals surface area contributed by atoms with Crippen molar-refractivity contribution < 1.29 is 53.1 Å². The average molecular weight is 717 g/mol. The van der Waals surface area contributed by atoms with Gasteiger partial charge in [0.25, 0.3) is 0 Å². The van der Waals surface area contributed by atoms with E-state index in [1.165, 1.54) is 20.8 Å². The number of fused-ring (bicyclic) bond motifs is 5. The quantitative estimate of drug-likeness (QED) is 0.110. The van der Waals surface area contributed by atoms with E-state index in [4.69, 9.17) is 23.7 Å². The maximum atomic E-state index is 12.9. The normalized spacial score (nSPS) is 42.6. The van der Waals surface area contributed by atoms with E-state index in [9.17, 15) is 29.4 Å². The Labute approximate surface area is 302 Å². The van der Waals surface area contributed by atoms with Crippen molar-refractivity contribution in [2.24, 2.45) is 45.8 Å².